The molecule has 0 aromatic heterocycles. The summed E-state index contributed by atoms with van der Waals surface area (Å²) in [6.07, 6.45) is 0. The monoisotopic (exact) mass is 428 g/mol. The molecule has 0 fully saturated rings. The highest BCUT2D eigenvalue weighted by Crippen LogP contribution is 2.33. The lowest BCUT2D eigenvalue weighted by Crippen LogP contribution is -2.28. The maximum absolute atomic E-state index is 13.7. The van der Waals surface area contributed by atoms with Crippen LogP contribution in [0.4, 0.5) is 15.8 Å². The number of ether oxygens (including phenoxy) is 1. The van der Waals surface area contributed by atoms with Gasteiger partial charge in [0.2, 0.25) is 0 Å². The van der Waals surface area contributed by atoms with Crippen molar-refractivity contribution in [2.24, 2.45) is 0 Å². The van der Waals surface area contributed by atoms with Gasteiger partial charge in [0, 0.05) is 0 Å². The van der Waals surface area contributed by atoms with Gasteiger partial charge in [0.1, 0.15) is 5.82 Å². The van der Waals surface area contributed by atoms with Gasteiger partial charge in [-0.15, -0.1) is 0 Å². The molecule has 2 aromatic rings. The lowest BCUT2D eigenvalue weighted by Gasteiger charge is -2.28. The van der Waals surface area contributed by atoms with Crippen LogP contribution in [0.15, 0.2) is 47.4 Å². The molecule has 0 N–H and O–H groups in total. The Morgan fingerprint density at radius 3 is 2.18 bits per heavy atom. The first-order chi connectivity index (χ1) is 12.9. The Morgan fingerprint density at radius 2 is 1.71 bits per heavy atom. The van der Waals surface area contributed by atoms with Crippen LogP contribution in [0.2, 0.25) is 0 Å². The van der Waals surface area contributed by atoms with Gasteiger partial charge < -0.3 is 9.29 Å². The molecule has 0 saturated heterocycles. The van der Waals surface area contributed by atoms with Crippen molar-refractivity contribution in [3.8, 4) is 0 Å². The zero-order chi connectivity index (χ0) is 21.3. The van der Waals surface area contributed by atoms with E-state index in [1.54, 1.807) is 20.8 Å². The van der Waals surface area contributed by atoms with E-state index in [-0.39, 0.29) is 21.8 Å². The van der Waals surface area contributed by atoms with Crippen molar-refractivity contribution in [1.29, 1.82) is 0 Å². The number of methoxy groups -OCH3 is 1. The molecule has 2 aromatic carbocycles. The number of hydrogen-bond donors (Lipinski definition) is 0. The fourth-order valence-electron chi connectivity index (χ4n) is 2.38. The Hall–Kier alpha value is -2.30. The quantitative estimate of drug-likeness (QED) is 0.535. The zero-order valence-corrected chi connectivity index (χ0v) is 17.3. The van der Waals surface area contributed by atoms with Crippen molar-refractivity contribution in [2.45, 2.75) is 30.4 Å². The van der Waals surface area contributed by atoms with E-state index < -0.39 is 37.6 Å². The molecule has 7 nitrogen and oxygen atoms in total. The van der Waals surface area contributed by atoms with Gasteiger partial charge in [-0.05, 0) is 63.2 Å². The number of halogens is 1. The maximum atomic E-state index is 13.7. The maximum Gasteiger partial charge on any atom is 0.340 e. The van der Waals surface area contributed by atoms with E-state index in [2.05, 4.69) is 4.74 Å². The number of carbonyl (C=O) groups excluding carboxylic acids is 1. The molecule has 0 aliphatic heterocycles. The van der Waals surface area contributed by atoms with Crippen LogP contribution in [0.25, 0.3) is 0 Å². The molecule has 0 radical (unpaired) electrons. The molecule has 1 unspecified atom stereocenters. The Balaban J connectivity index is 2.60. The van der Waals surface area contributed by atoms with Gasteiger partial charge in [-0.25, -0.2) is 17.6 Å². The molecule has 1 atom stereocenters. The standard InChI is InChI=1S/C18H20FNO6S2/c1-18(2,3)28(24,25)14-8-6-13(7-9-14)20(27(22)23)16-11-12(19)5-10-15(16)17(21)26-4/h5-11H,1-4H3,(H,22,23)/p-1. The molecular weight excluding hydrogens is 409 g/mol. The molecule has 0 amide bonds. The molecule has 0 heterocycles. The van der Waals surface area contributed by atoms with E-state index in [9.17, 15) is 26.4 Å². The van der Waals surface area contributed by atoms with Crippen LogP contribution in [0.5, 0.6) is 0 Å². The van der Waals surface area contributed by atoms with Gasteiger partial charge in [-0.1, -0.05) is 0 Å². The van der Waals surface area contributed by atoms with E-state index in [0.717, 1.165) is 25.3 Å². The van der Waals surface area contributed by atoms with Crippen molar-refractivity contribution in [2.75, 3.05) is 11.4 Å². The van der Waals surface area contributed by atoms with Crippen LogP contribution in [0, 0.1) is 5.82 Å². The molecule has 0 aliphatic carbocycles. The Morgan fingerprint density at radius 1 is 1.14 bits per heavy atom. The summed E-state index contributed by atoms with van der Waals surface area (Å²) in [6, 6.07) is 8.03. The molecule has 10 heteroatoms. The number of esters is 1. The molecule has 2 rings (SSSR count). The number of rotatable bonds is 5. The molecular formula is C18H19FNO6S2-. The summed E-state index contributed by atoms with van der Waals surface area (Å²) >= 11 is -2.93. The first kappa shape index (κ1) is 22.0. The van der Waals surface area contributed by atoms with Crippen molar-refractivity contribution in [3.05, 3.63) is 53.8 Å². The fourth-order valence-corrected chi connectivity index (χ4v) is 4.18. The minimum Gasteiger partial charge on any atom is -0.755 e. The summed E-state index contributed by atoms with van der Waals surface area (Å²) < 4.78 is 66.7. The van der Waals surface area contributed by atoms with Crippen LogP contribution in [0.1, 0.15) is 31.1 Å². The predicted molar refractivity (Wildman–Crippen MR) is 102 cm³/mol. The Kier molecular flexibility index (Phi) is 6.27. The number of benzene rings is 2. The normalized spacial score (nSPS) is 13.1. The molecule has 0 aliphatic rings. The first-order valence-corrected chi connectivity index (χ1v) is 10.5. The highest BCUT2D eigenvalue weighted by atomic mass is 32.2. The summed E-state index contributed by atoms with van der Waals surface area (Å²) in [5.74, 6) is -1.61. The number of anilines is 2. The number of hydrogen-bond acceptors (Lipinski definition) is 6. The van der Waals surface area contributed by atoms with Gasteiger partial charge >= 0.3 is 5.97 Å². The summed E-state index contributed by atoms with van der Waals surface area (Å²) in [5, 5.41) is 0. The SMILES string of the molecule is COC(=O)c1ccc(F)cc1N(c1ccc(S(=O)(=O)C(C)(C)C)cc1)S(=O)[O-]. The van der Waals surface area contributed by atoms with Gasteiger partial charge in [0.25, 0.3) is 0 Å². The lowest BCUT2D eigenvalue weighted by molar-refractivity contribution is 0.0601. The Bertz CT molecular complexity index is 1010. The van der Waals surface area contributed by atoms with E-state index in [0.29, 0.717) is 4.31 Å². The van der Waals surface area contributed by atoms with Crippen LogP contribution in [0.3, 0.4) is 0 Å². The van der Waals surface area contributed by atoms with Crippen LogP contribution in [-0.2, 0) is 25.8 Å². The van der Waals surface area contributed by atoms with Crippen molar-refractivity contribution < 1.29 is 31.1 Å². The fraction of sp³-hybridized carbons (Fsp3) is 0.278. The predicted octanol–water partition coefficient (Wildman–Crippen LogP) is 3.12. The van der Waals surface area contributed by atoms with Crippen molar-refractivity contribution in [3.63, 3.8) is 0 Å². The largest absolute Gasteiger partial charge is 0.755 e. The van der Waals surface area contributed by atoms with Gasteiger partial charge in [-0.3, -0.25) is 8.51 Å². The second-order valence-electron chi connectivity index (χ2n) is 6.77. The average molecular weight is 428 g/mol. The summed E-state index contributed by atoms with van der Waals surface area (Å²) in [4.78, 5) is 12.0. The summed E-state index contributed by atoms with van der Waals surface area (Å²) in [7, 11) is -2.53. The topological polar surface area (TPSA) is 104 Å². The third kappa shape index (κ3) is 4.23. The van der Waals surface area contributed by atoms with Crippen molar-refractivity contribution in [1.82, 2.24) is 0 Å². The lowest BCUT2D eigenvalue weighted by atomic mass is 10.1. The van der Waals surface area contributed by atoms with Gasteiger partial charge in [-0.2, -0.15) is 0 Å². The minimum absolute atomic E-state index is 0.00724. The van der Waals surface area contributed by atoms with Crippen LogP contribution < -0.4 is 4.31 Å². The number of nitrogens with zero attached hydrogens (tertiary/aromatic N) is 1. The second-order valence-corrected chi connectivity index (χ2v) is 10.3. The smallest absolute Gasteiger partial charge is 0.340 e. The summed E-state index contributed by atoms with van der Waals surface area (Å²) in [5.41, 5.74) is -0.400. The summed E-state index contributed by atoms with van der Waals surface area (Å²) in [6.45, 7) is 4.64. The van der Waals surface area contributed by atoms with Gasteiger partial charge in [0.15, 0.2) is 9.84 Å². The second kappa shape index (κ2) is 7.98. The van der Waals surface area contributed by atoms with Crippen LogP contribution >= 0.6 is 0 Å². The van der Waals surface area contributed by atoms with E-state index in [1.807, 2.05) is 0 Å². The molecule has 152 valence electrons. The highest BCUT2D eigenvalue weighted by Gasteiger charge is 2.31. The zero-order valence-electron chi connectivity index (χ0n) is 15.6. The first-order valence-electron chi connectivity index (χ1n) is 8.02. The van der Waals surface area contributed by atoms with E-state index in [1.165, 1.54) is 24.3 Å². The highest BCUT2D eigenvalue weighted by molar-refractivity contribution is 7.92. The number of carbonyl (C=O) groups is 1. The third-order valence-electron chi connectivity index (χ3n) is 3.92. The van der Waals surface area contributed by atoms with E-state index in [4.69, 9.17) is 0 Å². The van der Waals surface area contributed by atoms with E-state index >= 15 is 0 Å². The Labute approximate surface area is 165 Å². The molecule has 0 spiro atoms. The minimum atomic E-state index is -3.64. The molecule has 0 saturated carbocycles. The van der Waals surface area contributed by atoms with Crippen LogP contribution in [-0.4, -0.2) is 35.0 Å². The molecule has 28 heavy (non-hydrogen) atoms. The average Bonchev–Trinajstić information content (AvgIpc) is 2.60. The third-order valence-corrected chi connectivity index (χ3v) is 7.13. The van der Waals surface area contributed by atoms with Crippen molar-refractivity contribution >= 4 is 38.4 Å². The number of sulfone groups is 1. The molecule has 0 bridgehead atoms. The van der Waals surface area contributed by atoms with Gasteiger partial charge in [0.05, 0.1) is 45.0 Å².